The maximum atomic E-state index is 13.3. The Hall–Kier alpha value is -4.30. The van der Waals surface area contributed by atoms with Gasteiger partial charge in [-0.1, -0.05) is 49.0 Å². The highest BCUT2D eigenvalue weighted by molar-refractivity contribution is 5.92. The summed E-state index contributed by atoms with van der Waals surface area (Å²) >= 11 is 0. The minimum absolute atomic E-state index is 0.200. The number of anilines is 2. The lowest BCUT2D eigenvalue weighted by molar-refractivity contribution is -0.117. The Morgan fingerprint density at radius 1 is 0.976 bits per heavy atom. The average molecular weight is 560 g/mol. The van der Waals surface area contributed by atoms with Crippen LogP contribution < -0.4 is 20.3 Å². The Balaban J connectivity index is 1.73. The van der Waals surface area contributed by atoms with Crippen molar-refractivity contribution in [2.24, 2.45) is 0 Å². The summed E-state index contributed by atoms with van der Waals surface area (Å²) in [5, 5.41) is 5.66. The quantitative estimate of drug-likeness (QED) is 0.185. The third kappa shape index (κ3) is 8.59. The number of hydrogen-bond acceptors (Lipinski definition) is 6. The Labute approximate surface area is 243 Å². The molecule has 0 heterocycles. The normalized spacial score (nSPS) is 12.1. The molecule has 0 saturated heterocycles. The van der Waals surface area contributed by atoms with E-state index in [1.54, 1.807) is 14.0 Å². The molecule has 3 aromatic carbocycles. The van der Waals surface area contributed by atoms with Crippen LogP contribution in [-0.2, 0) is 19.9 Å². The van der Waals surface area contributed by atoms with Gasteiger partial charge in [0.1, 0.15) is 12.4 Å². The van der Waals surface area contributed by atoms with Gasteiger partial charge in [0.25, 0.3) is 0 Å². The molecule has 0 saturated carbocycles. The maximum Gasteiger partial charge on any atom is 0.412 e. The first-order valence-corrected chi connectivity index (χ1v) is 13.7. The lowest BCUT2D eigenvalue weighted by atomic mass is 9.88. The fourth-order valence-corrected chi connectivity index (χ4v) is 4.37. The van der Waals surface area contributed by atoms with Crippen LogP contribution in [0.5, 0.6) is 5.75 Å². The van der Waals surface area contributed by atoms with Crippen LogP contribution in [0.1, 0.15) is 37.5 Å². The molecule has 0 fully saturated rings. The van der Waals surface area contributed by atoms with E-state index < -0.39 is 11.7 Å². The molecule has 2 amide bonds. The Morgan fingerprint density at radius 2 is 1.66 bits per heavy atom. The second-order valence-electron chi connectivity index (χ2n) is 9.89. The van der Waals surface area contributed by atoms with Crippen LogP contribution in [0.15, 0.2) is 84.9 Å². The van der Waals surface area contributed by atoms with Crippen molar-refractivity contribution in [2.75, 3.05) is 50.2 Å². The number of hydrogen-bond donors (Lipinski definition) is 2. The fourth-order valence-electron chi connectivity index (χ4n) is 4.37. The molecule has 2 N–H and O–H groups in total. The number of rotatable bonds is 14. The van der Waals surface area contributed by atoms with Gasteiger partial charge in [-0.25, -0.2) is 4.79 Å². The Morgan fingerprint density at radius 3 is 2.27 bits per heavy atom. The zero-order valence-electron chi connectivity index (χ0n) is 24.7. The van der Waals surface area contributed by atoms with Gasteiger partial charge in [0.2, 0.25) is 5.91 Å². The summed E-state index contributed by atoms with van der Waals surface area (Å²) in [6.07, 6.45) is -0.562. The standard InChI is InChI=1S/C33H41N3O5/c1-7-36(20-22-39-6)28-15-18-30(25(4)23-28)35-32(38)41-33(5,26-11-9-8-10-12-26)27-13-16-29(17-14-27)40-21-19-34-31(37)24(2)3/h8-18,23H,2,7,19-22H2,1,3-6H3,(H,34,37)(H,35,38). The van der Waals surface area contributed by atoms with E-state index in [0.29, 0.717) is 36.8 Å². The molecule has 0 bridgehead atoms. The largest absolute Gasteiger partial charge is 0.492 e. The molecular formula is C33H41N3O5. The van der Waals surface area contributed by atoms with Crippen LogP contribution in [0.3, 0.4) is 0 Å². The molecule has 3 aromatic rings. The number of carbonyl (C=O) groups is 2. The summed E-state index contributed by atoms with van der Waals surface area (Å²) in [7, 11) is 1.69. The molecule has 0 aliphatic rings. The van der Waals surface area contributed by atoms with Gasteiger partial charge in [-0.15, -0.1) is 0 Å². The van der Waals surface area contributed by atoms with Gasteiger partial charge in [0.05, 0.1) is 13.2 Å². The van der Waals surface area contributed by atoms with Gasteiger partial charge in [-0.2, -0.15) is 0 Å². The Kier molecular flexibility index (Phi) is 11.4. The lowest BCUT2D eigenvalue weighted by Crippen LogP contribution is -2.33. The zero-order valence-corrected chi connectivity index (χ0v) is 24.7. The highest BCUT2D eigenvalue weighted by Crippen LogP contribution is 2.35. The van der Waals surface area contributed by atoms with Crippen LogP contribution in [-0.4, -0.2) is 52.0 Å². The predicted octanol–water partition coefficient (Wildman–Crippen LogP) is 6.05. The Bertz CT molecular complexity index is 1310. The highest BCUT2D eigenvalue weighted by atomic mass is 16.6. The van der Waals surface area contributed by atoms with E-state index in [1.165, 1.54) is 0 Å². The molecular weight excluding hydrogens is 518 g/mol. The molecule has 0 aromatic heterocycles. The molecule has 8 nitrogen and oxygen atoms in total. The number of nitrogens with one attached hydrogen (secondary N) is 2. The van der Waals surface area contributed by atoms with E-state index in [2.05, 4.69) is 29.0 Å². The third-order valence-electron chi connectivity index (χ3n) is 6.83. The summed E-state index contributed by atoms with van der Waals surface area (Å²) in [4.78, 5) is 27.1. The van der Waals surface area contributed by atoms with Crippen LogP contribution in [0.4, 0.5) is 16.2 Å². The molecule has 218 valence electrons. The lowest BCUT2D eigenvalue weighted by Gasteiger charge is -2.31. The van der Waals surface area contributed by atoms with E-state index >= 15 is 0 Å². The van der Waals surface area contributed by atoms with Crippen molar-refractivity contribution in [3.8, 4) is 5.75 Å². The van der Waals surface area contributed by atoms with Crippen molar-refractivity contribution in [1.82, 2.24) is 5.32 Å². The number of carbonyl (C=O) groups excluding carboxylic acids is 2. The van der Waals surface area contributed by atoms with Gasteiger partial charge in [0.15, 0.2) is 5.60 Å². The van der Waals surface area contributed by atoms with Gasteiger partial charge >= 0.3 is 6.09 Å². The van der Waals surface area contributed by atoms with Gasteiger partial charge in [0, 0.05) is 42.7 Å². The number of methoxy groups -OCH3 is 1. The van der Waals surface area contributed by atoms with E-state index in [0.717, 1.165) is 35.5 Å². The zero-order chi connectivity index (χ0) is 29.8. The second kappa shape index (κ2) is 14.9. The number of ether oxygens (including phenoxy) is 3. The highest BCUT2D eigenvalue weighted by Gasteiger charge is 2.33. The van der Waals surface area contributed by atoms with Crippen molar-refractivity contribution in [1.29, 1.82) is 0 Å². The SMILES string of the molecule is C=C(C)C(=O)NCCOc1ccc(C(C)(OC(=O)Nc2ccc(N(CC)CCOC)cc2C)c2ccccc2)cc1. The number of benzene rings is 3. The molecule has 0 aliphatic heterocycles. The first-order valence-electron chi connectivity index (χ1n) is 13.7. The summed E-state index contributed by atoms with van der Waals surface area (Å²) in [5.41, 5.74) is 3.67. The van der Waals surface area contributed by atoms with Crippen LogP contribution in [0.2, 0.25) is 0 Å². The minimum atomic E-state index is -1.06. The van der Waals surface area contributed by atoms with E-state index in [1.807, 2.05) is 86.6 Å². The van der Waals surface area contributed by atoms with Gasteiger partial charge < -0.3 is 24.4 Å². The summed E-state index contributed by atoms with van der Waals surface area (Å²) < 4.78 is 17.1. The van der Waals surface area contributed by atoms with E-state index in [-0.39, 0.29) is 5.91 Å². The van der Waals surface area contributed by atoms with Crippen molar-refractivity contribution in [3.05, 3.63) is 102 Å². The predicted molar refractivity (Wildman–Crippen MR) is 164 cm³/mol. The van der Waals surface area contributed by atoms with Gasteiger partial charge in [-0.3, -0.25) is 10.1 Å². The molecule has 3 rings (SSSR count). The molecule has 0 radical (unpaired) electrons. The first kappa shape index (κ1) is 31.2. The van der Waals surface area contributed by atoms with Crippen molar-refractivity contribution >= 4 is 23.4 Å². The van der Waals surface area contributed by atoms with E-state index in [4.69, 9.17) is 14.2 Å². The van der Waals surface area contributed by atoms with Crippen molar-refractivity contribution in [3.63, 3.8) is 0 Å². The van der Waals surface area contributed by atoms with Crippen LogP contribution >= 0.6 is 0 Å². The first-order chi connectivity index (χ1) is 19.7. The number of nitrogens with zero attached hydrogens (tertiary/aromatic N) is 1. The third-order valence-corrected chi connectivity index (χ3v) is 6.83. The summed E-state index contributed by atoms with van der Waals surface area (Å²) in [6.45, 7) is 14.2. The average Bonchev–Trinajstić information content (AvgIpc) is 2.97. The monoisotopic (exact) mass is 559 g/mol. The van der Waals surface area contributed by atoms with Crippen LogP contribution in [0.25, 0.3) is 0 Å². The van der Waals surface area contributed by atoms with E-state index in [9.17, 15) is 9.59 Å². The van der Waals surface area contributed by atoms with Crippen LogP contribution in [0, 0.1) is 6.92 Å². The number of amides is 2. The fraction of sp³-hybridized carbons (Fsp3) is 0.333. The molecule has 8 heteroatoms. The number of likely N-dealkylation sites (N-methyl/N-ethyl adjacent to an activating group) is 1. The van der Waals surface area contributed by atoms with Crippen molar-refractivity contribution in [2.45, 2.75) is 33.3 Å². The van der Waals surface area contributed by atoms with Gasteiger partial charge in [-0.05, 0) is 69.2 Å². The number of aryl methyl sites for hydroxylation is 1. The molecule has 0 aliphatic carbocycles. The second-order valence-corrected chi connectivity index (χ2v) is 9.89. The maximum absolute atomic E-state index is 13.3. The summed E-state index contributed by atoms with van der Waals surface area (Å²) in [5.74, 6) is 0.440. The van der Waals surface area contributed by atoms with Crippen molar-refractivity contribution < 1.29 is 23.8 Å². The summed E-state index contributed by atoms with van der Waals surface area (Å²) in [6, 6.07) is 22.9. The molecule has 1 atom stereocenters. The topological polar surface area (TPSA) is 89.1 Å². The molecule has 0 spiro atoms. The smallest absolute Gasteiger partial charge is 0.412 e. The molecule has 1 unspecified atom stereocenters. The minimum Gasteiger partial charge on any atom is -0.492 e. The molecule has 41 heavy (non-hydrogen) atoms.